The van der Waals surface area contributed by atoms with Crippen LogP contribution in [0.2, 0.25) is 0 Å². The number of carbonyl (C=O) groups is 1. The lowest BCUT2D eigenvalue weighted by Crippen LogP contribution is -2.61. The summed E-state index contributed by atoms with van der Waals surface area (Å²) in [7, 11) is -8.45. The quantitative estimate of drug-likeness (QED) is 0.220. The Balaban J connectivity index is 1.45. The minimum Gasteiger partial charge on any atom is -0.354 e. The van der Waals surface area contributed by atoms with Crippen LogP contribution < -0.4 is 5.32 Å². The van der Waals surface area contributed by atoms with Gasteiger partial charge in [-0.25, -0.2) is 16.8 Å². The van der Waals surface area contributed by atoms with Gasteiger partial charge in [0.2, 0.25) is 26.0 Å². The molecule has 1 aromatic heterocycles. The average molecular weight is 624 g/mol. The van der Waals surface area contributed by atoms with Gasteiger partial charge in [-0.2, -0.15) is 8.61 Å². The molecule has 2 unspecified atom stereocenters. The zero-order chi connectivity index (χ0) is 30.8. The van der Waals surface area contributed by atoms with Crippen LogP contribution >= 0.6 is 0 Å². The molecule has 5 rings (SSSR count). The van der Waals surface area contributed by atoms with E-state index in [1.54, 1.807) is 24.4 Å². The third kappa shape index (κ3) is 6.27. The third-order valence-corrected chi connectivity index (χ3v) is 11.2. The van der Waals surface area contributed by atoms with Crippen LogP contribution in [0, 0.1) is 10.1 Å². The molecule has 14 heteroatoms. The molecule has 224 valence electrons. The van der Waals surface area contributed by atoms with Gasteiger partial charge in [0.15, 0.2) is 0 Å². The molecule has 4 aromatic rings. The molecule has 1 amide bonds. The second kappa shape index (κ2) is 12.2. The summed E-state index contributed by atoms with van der Waals surface area (Å²) in [5.41, 5.74) is 1.30. The molecule has 1 aliphatic heterocycles. The number of rotatable bonds is 9. The average Bonchev–Trinajstić information content (AvgIpc) is 3.03. The van der Waals surface area contributed by atoms with Crippen molar-refractivity contribution < 1.29 is 26.6 Å². The number of benzene rings is 3. The Morgan fingerprint density at radius 2 is 1.65 bits per heavy atom. The summed E-state index contributed by atoms with van der Waals surface area (Å²) in [6.45, 7) is 1.16. The minimum absolute atomic E-state index is 0.0462. The van der Waals surface area contributed by atoms with Crippen molar-refractivity contribution in [3.63, 3.8) is 0 Å². The summed E-state index contributed by atoms with van der Waals surface area (Å²) >= 11 is 0. The Morgan fingerprint density at radius 3 is 2.35 bits per heavy atom. The van der Waals surface area contributed by atoms with Crippen LogP contribution in [0.5, 0.6) is 0 Å². The Kier molecular flexibility index (Phi) is 8.55. The first-order valence-electron chi connectivity index (χ1n) is 13.4. The fourth-order valence-electron chi connectivity index (χ4n) is 4.97. The van der Waals surface area contributed by atoms with E-state index >= 15 is 0 Å². The summed E-state index contributed by atoms with van der Waals surface area (Å²) in [4.78, 5) is 28.0. The van der Waals surface area contributed by atoms with E-state index in [0.717, 1.165) is 38.4 Å². The van der Waals surface area contributed by atoms with Gasteiger partial charge in [0.05, 0.1) is 20.2 Å². The molecule has 1 aliphatic rings. The maximum atomic E-state index is 13.9. The molecule has 0 radical (unpaired) electrons. The number of nitrogens with zero attached hydrogens (tertiary/aromatic N) is 4. The van der Waals surface area contributed by atoms with Crippen molar-refractivity contribution in [3.8, 4) is 0 Å². The number of fused-ring (bicyclic) bond motifs is 1. The highest BCUT2D eigenvalue weighted by molar-refractivity contribution is 7.89. The summed E-state index contributed by atoms with van der Waals surface area (Å²) in [5.74, 6) is -0.732. The molecule has 0 spiro atoms. The maximum absolute atomic E-state index is 13.9. The Morgan fingerprint density at radius 1 is 0.953 bits per heavy atom. The second-order valence-corrected chi connectivity index (χ2v) is 14.0. The molecule has 0 saturated carbocycles. The molecular formula is C29H29N5O7S2. The molecule has 3 aromatic carbocycles. The van der Waals surface area contributed by atoms with E-state index in [0.29, 0.717) is 10.9 Å². The first kappa shape index (κ1) is 30.2. The molecule has 2 heterocycles. The van der Waals surface area contributed by atoms with Gasteiger partial charge in [0.1, 0.15) is 6.04 Å². The Hall–Kier alpha value is -4.24. The molecule has 12 nitrogen and oxygen atoms in total. The fourth-order valence-corrected chi connectivity index (χ4v) is 8.01. The third-order valence-electron chi connectivity index (χ3n) is 7.41. The van der Waals surface area contributed by atoms with Gasteiger partial charge in [0.25, 0.3) is 5.69 Å². The Labute approximate surface area is 249 Å². The van der Waals surface area contributed by atoms with Crippen LogP contribution in [-0.4, -0.2) is 73.5 Å². The molecule has 1 N–H and O–H groups in total. The highest BCUT2D eigenvalue weighted by atomic mass is 32.2. The van der Waals surface area contributed by atoms with Crippen molar-refractivity contribution in [2.45, 2.75) is 28.7 Å². The molecular weight excluding hydrogens is 594 g/mol. The number of carbonyl (C=O) groups excluding carboxylic acids is 1. The zero-order valence-electron chi connectivity index (χ0n) is 23.1. The predicted octanol–water partition coefficient (Wildman–Crippen LogP) is 3.13. The van der Waals surface area contributed by atoms with E-state index in [4.69, 9.17) is 0 Å². The van der Waals surface area contributed by atoms with Gasteiger partial charge >= 0.3 is 0 Å². The van der Waals surface area contributed by atoms with E-state index in [-0.39, 0.29) is 41.0 Å². The second-order valence-electron chi connectivity index (χ2n) is 10.2. The van der Waals surface area contributed by atoms with Crippen LogP contribution in [0.3, 0.4) is 0 Å². The minimum atomic E-state index is -4.24. The number of nitro groups is 1. The normalized spacial score (nSPS) is 17.4. The van der Waals surface area contributed by atoms with Gasteiger partial charge in [-0.1, -0.05) is 43.3 Å². The van der Waals surface area contributed by atoms with Crippen LogP contribution in [0.25, 0.3) is 10.9 Å². The van der Waals surface area contributed by atoms with Crippen LogP contribution in [0.4, 0.5) is 5.69 Å². The zero-order valence-corrected chi connectivity index (χ0v) is 24.7. The largest absolute Gasteiger partial charge is 0.354 e. The van der Waals surface area contributed by atoms with E-state index in [1.807, 2.05) is 37.3 Å². The van der Waals surface area contributed by atoms with Gasteiger partial charge in [-0.15, -0.1) is 0 Å². The van der Waals surface area contributed by atoms with Crippen molar-refractivity contribution in [2.24, 2.45) is 0 Å². The number of sulfonamides is 2. The van der Waals surface area contributed by atoms with E-state index < -0.39 is 43.5 Å². The van der Waals surface area contributed by atoms with Gasteiger partial charge in [-0.05, 0) is 47.9 Å². The fraction of sp³-hybridized carbons (Fsp3) is 0.241. The first-order chi connectivity index (χ1) is 20.5. The number of hydrogen-bond acceptors (Lipinski definition) is 8. The van der Waals surface area contributed by atoms with E-state index in [9.17, 15) is 31.7 Å². The van der Waals surface area contributed by atoms with Crippen LogP contribution in [0.1, 0.15) is 18.4 Å². The Bertz CT molecular complexity index is 1870. The standard InChI is InChI=1S/C29H29N5O7S2/c1-21(22-6-3-2-4-7-22)19-31-29(35)28-20-32(42(38,39)25-11-9-24(10-12-25)34(36)37)16-17-33(28)43(40,41)26-13-14-27-23(18-26)8-5-15-30-27/h2-15,18,21,28H,16-17,19-20H2,1H3,(H,31,35). The molecule has 2 atom stereocenters. The lowest BCUT2D eigenvalue weighted by Gasteiger charge is -2.39. The van der Waals surface area contributed by atoms with Gasteiger partial charge < -0.3 is 5.32 Å². The summed E-state index contributed by atoms with van der Waals surface area (Å²) in [6, 6.07) is 20.4. The molecule has 1 fully saturated rings. The van der Waals surface area contributed by atoms with E-state index in [2.05, 4.69) is 10.3 Å². The number of non-ortho nitro benzene ring substituents is 1. The molecule has 0 bridgehead atoms. The van der Waals surface area contributed by atoms with Gasteiger partial charge in [0, 0.05) is 49.9 Å². The molecule has 1 saturated heterocycles. The van der Waals surface area contributed by atoms with Crippen molar-refractivity contribution >= 4 is 42.5 Å². The number of piperazine rings is 1. The molecule has 43 heavy (non-hydrogen) atoms. The first-order valence-corrected chi connectivity index (χ1v) is 16.3. The topological polar surface area (TPSA) is 160 Å². The molecule has 0 aliphatic carbocycles. The summed E-state index contributed by atoms with van der Waals surface area (Å²) < 4.78 is 56.9. The van der Waals surface area contributed by atoms with Crippen LogP contribution in [0.15, 0.2) is 101 Å². The highest BCUT2D eigenvalue weighted by Gasteiger charge is 2.43. The number of pyridine rings is 1. The number of aromatic nitrogens is 1. The maximum Gasteiger partial charge on any atom is 0.269 e. The predicted molar refractivity (Wildman–Crippen MR) is 159 cm³/mol. The lowest BCUT2D eigenvalue weighted by molar-refractivity contribution is -0.384. The number of nitrogens with one attached hydrogen (secondary N) is 1. The SMILES string of the molecule is CC(CNC(=O)C1CN(S(=O)(=O)c2ccc([N+](=O)[O-])cc2)CCN1S(=O)(=O)c1ccc2ncccc2c1)c1ccccc1. The van der Waals surface area contributed by atoms with Crippen molar-refractivity contribution in [1.82, 2.24) is 18.9 Å². The van der Waals surface area contributed by atoms with Crippen LogP contribution in [-0.2, 0) is 24.8 Å². The number of hydrogen-bond donors (Lipinski definition) is 1. The van der Waals surface area contributed by atoms with Crippen molar-refractivity contribution in [2.75, 3.05) is 26.2 Å². The lowest BCUT2D eigenvalue weighted by atomic mass is 10.0. The number of amides is 1. The summed E-state index contributed by atoms with van der Waals surface area (Å²) in [5, 5.41) is 14.4. The van der Waals surface area contributed by atoms with Crippen molar-refractivity contribution in [3.05, 3.63) is 107 Å². The monoisotopic (exact) mass is 623 g/mol. The van der Waals surface area contributed by atoms with Crippen molar-refractivity contribution in [1.29, 1.82) is 0 Å². The highest BCUT2D eigenvalue weighted by Crippen LogP contribution is 2.28. The van der Waals surface area contributed by atoms with Gasteiger partial charge in [-0.3, -0.25) is 19.9 Å². The summed E-state index contributed by atoms with van der Waals surface area (Å²) in [6.07, 6.45) is 1.60. The smallest absolute Gasteiger partial charge is 0.269 e. The van der Waals surface area contributed by atoms with E-state index in [1.165, 1.54) is 12.1 Å². The number of nitro benzene ring substituents is 1.